The molecule has 0 amide bonds. The summed E-state index contributed by atoms with van der Waals surface area (Å²) in [5.41, 5.74) is 28.9. The van der Waals surface area contributed by atoms with Crippen LogP contribution in [-0.4, -0.2) is 118 Å². The van der Waals surface area contributed by atoms with Gasteiger partial charge in [-0.3, -0.25) is 0 Å². The van der Waals surface area contributed by atoms with Crippen molar-refractivity contribution in [3.63, 3.8) is 0 Å². The van der Waals surface area contributed by atoms with Crippen molar-refractivity contribution >= 4 is 276 Å². The number of benzene rings is 8. The van der Waals surface area contributed by atoms with Crippen molar-refractivity contribution in [1.82, 2.24) is 0 Å². The maximum atomic E-state index is 7.13. The lowest BCUT2D eigenvalue weighted by Crippen LogP contribution is -2.50. The zero-order valence-corrected chi connectivity index (χ0v) is 37.5. The van der Waals surface area contributed by atoms with Gasteiger partial charge in [-0.05, 0) is 67.4 Å². The second-order valence-electron chi connectivity index (χ2n) is 18.0. The molecule has 0 unspecified atom stereocenters. The van der Waals surface area contributed by atoms with Gasteiger partial charge in [0.2, 0.25) is 0 Å². The van der Waals surface area contributed by atoms with Crippen LogP contribution in [0, 0.1) is 0 Å². The highest BCUT2D eigenvalue weighted by Crippen LogP contribution is 2.44. The SMILES string of the molecule is Bc1c(B)c(B)c2c(oc3c(B)c(B)c(B)c(-c4c5c(B)c(B)c(B)c(B)c5c(-c5ccc6oc7c8ccccc8ccc7c6c5)c5c(B)c(B)c(B)c(B)c45)c32)c1B. The maximum absolute atomic E-state index is 7.13. The molecule has 0 radical (unpaired) electrons. The third-order valence-electron chi connectivity index (χ3n) is 15.7. The van der Waals surface area contributed by atoms with Gasteiger partial charge < -0.3 is 8.83 Å². The van der Waals surface area contributed by atoms with Crippen molar-refractivity contribution in [1.29, 1.82) is 0 Å². The van der Waals surface area contributed by atoms with Crippen LogP contribution in [0.3, 0.4) is 0 Å². The lowest BCUT2D eigenvalue weighted by atomic mass is 9.58. The quantitative estimate of drug-likeness (QED) is 0.130. The summed E-state index contributed by atoms with van der Waals surface area (Å²) in [6, 6.07) is 20.0. The van der Waals surface area contributed by atoms with Crippen LogP contribution in [0.4, 0.5) is 0 Å². The van der Waals surface area contributed by atoms with E-state index >= 15 is 0 Å². The first-order valence-corrected chi connectivity index (χ1v) is 21.3. The Kier molecular flexibility index (Phi) is 8.48. The van der Waals surface area contributed by atoms with Gasteiger partial charge in [0, 0.05) is 26.9 Å². The Labute approximate surface area is 359 Å². The molecule has 0 aliphatic rings. The second-order valence-corrected chi connectivity index (χ2v) is 18.0. The third-order valence-corrected chi connectivity index (χ3v) is 15.7. The minimum Gasteiger partial charge on any atom is -0.457 e. The summed E-state index contributed by atoms with van der Waals surface area (Å²) < 4.78 is 13.8. The fraction of sp³-hybridized carbons (Fsp3) is 0. The van der Waals surface area contributed by atoms with E-state index in [4.69, 9.17) is 8.83 Å². The Morgan fingerprint density at radius 1 is 0.288 bits per heavy atom. The molecule has 0 N–H and O–H groups in total. The average Bonchev–Trinajstić information content (AvgIpc) is 3.83. The molecule has 0 saturated heterocycles. The van der Waals surface area contributed by atoms with E-state index in [0.717, 1.165) is 38.5 Å². The Morgan fingerprint density at radius 2 is 0.763 bits per heavy atom. The summed E-state index contributed by atoms with van der Waals surface area (Å²) in [7, 11) is 34.7. The molecule has 2 nitrogen and oxygen atoms in total. The Balaban J connectivity index is 1.50. The van der Waals surface area contributed by atoms with Crippen LogP contribution in [0.5, 0.6) is 0 Å². The minimum atomic E-state index is 0.918. The van der Waals surface area contributed by atoms with E-state index < -0.39 is 0 Å². The van der Waals surface area contributed by atoms with E-state index in [1.807, 2.05) is 0 Å². The molecule has 0 spiro atoms. The molecule has 0 saturated carbocycles. The summed E-state index contributed by atoms with van der Waals surface area (Å²) in [6.45, 7) is 0. The third kappa shape index (κ3) is 4.91. The van der Waals surface area contributed by atoms with Crippen molar-refractivity contribution in [2.24, 2.45) is 0 Å². The van der Waals surface area contributed by atoms with E-state index in [1.54, 1.807) is 0 Å². The van der Waals surface area contributed by atoms with Gasteiger partial charge in [-0.2, -0.15) is 0 Å². The van der Waals surface area contributed by atoms with E-state index in [9.17, 15) is 0 Å². The standard InChI is InChI=1S/C42H39B15O2/c43-25-18-16(11-6-8-15-14(9-11)13-7-5-10-3-1-2-4-12(10)40(13)58-15)19-21(28(46)34(52)32(50)26(19)44)17(20(18)27(45)33(51)31(25)49)22-23-24-30(48)35(53)37(55)39(57)42(24)59-41(23)38(56)36(54)29(22)47/h1-9H,43-57H2. The molecule has 17 heteroatoms. The van der Waals surface area contributed by atoms with E-state index in [2.05, 4.69) is 172 Å². The number of rotatable bonds is 2. The highest BCUT2D eigenvalue weighted by Gasteiger charge is 2.30. The van der Waals surface area contributed by atoms with Gasteiger partial charge in [0.25, 0.3) is 0 Å². The van der Waals surface area contributed by atoms with Gasteiger partial charge in [0.1, 0.15) is 140 Å². The Hall–Kier alpha value is -4.89. The molecular weight excluding hydrogens is 699 g/mol. The molecular formula is C42H39B15O2. The van der Waals surface area contributed by atoms with Crippen LogP contribution in [0.2, 0.25) is 0 Å². The van der Waals surface area contributed by atoms with Gasteiger partial charge in [0.15, 0.2) is 0 Å². The molecule has 0 aliphatic carbocycles. The normalized spacial score (nSPS) is 12.1. The van der Waals surface area contributed by atoms with Gasteiger partial charge in [-0.1, -0.05) is 91.0 Å². The molecule has 10 aromatic rings. The number of hydrogen-bond acceptors (Lipinski definition) is 2. The predicted octanol–water partition coefficient (Wildman–Crippen LogP) is -13.8. The summed E-state index contributed by atoms with van der Waals surface area (Å²) in [6.07, 6.45) is 0. The van der Waals surface area contributed by atoms with Crippen molar-refractivity contribution < 1.29 is 8.83 Å². The molecule has 0 aliphatic heterocycles. The lowest BCUT2D eigenvalue weighted by Gasteiger charge is -2.29. The Bertz CT molecular complexity index is 3540. The van der Waals surface area contributed by atoms with E-state index in [1.165, 1.54) is 142 Å². The molecule has 59 heavy (non-hydrogen) atoms. The molecule has 264 valence electrons. The van der Waals surface area contributed by atoms with Crippen molar-refractivity contribution in [3.8, 4) is 22.3 Å². The first kappa shape index (κ1) is 38.3. The number of hydrogen-bond donors (Lipinski definition) is 0. The fourth-order valence-corrected chi connectivity index (χ4v) is 10.9. The minimum absolute atomic E-state index is 0.918. The topological polar surface area (TPSA) is 26.3 Å². The summed E-state index contributed by atoms with van der Waals surface area (Å²) in [4.78, 5) is 0. The summed E-state index contributed by atoms with van der Waals surface area (Å²) in [5, 5.41) is 12.5. The number of furan rings is 2. The van der Waals surface area contributed by atoms with Crippen molar-refractivity contribution in [2.45, 2.75) is 0 Å². The first-order valence-electron chi connectivity index (χ1n) is 21.3. The number of fused-ring (bicyclic) bond motifs is 10. The van der Waals surface area contributed by atoms with Crippen molar-refractivity contribution in [3.05, 3.63) is 54.6 Å². The smallest absolute Gasteiger partial charge is 0.143 e. The predicted molar refractivity (Wildman–Crippen MR) is 307 cm³/mol. The maximum Gasteiger partial charge on any atom is 0.143 e. The fourth-order valence-electron chi connectivity index (χ4n) is 10.9. The van der Waals surface area contributed by atoms with Gasteiger partial charge in [-0.15, -0.1) is 27.3 Å². The van der Waals surface area contributed by atoms with E-state index in [-0.39, 0.29) is 0 Å². The van der Waals surface area contributed by atoms with Gasteiger partial charge >= 0.3 is 0 Å². The van der Waals surface area contributed by atoms with E-state index in [0.29, 0.717) is 0 Å². The molecule has 0 fully saturated rings. The van der Waals surface area contributed by atoms with Gasteiger partial charge in [0.05, 0.1) is 0 Å². The van der Waals surface area contributed by atoms with Gasteiger partial charge in [-0.25, -0.2) is 0 Å². The molecule has 2 heterocycles. The van der Waals surface area contributed by atoms with Crippen LogP contribution in [-0.2, 0) is 0 Å². The summed E-state index contributed by atoms with van der Waals surface area (Å²) >= 11 is 0. The molecule has 10 rings (SSSR count). The van der Waals surface area contributed by atoms with Crippen molar-refractivity contribution in [2.75, 3.05) is 0 Å². The van der Waals surface area contributed by atoms with Crippen LogP contribution in [0.25, 0.3) is 98.4 Å². The first-order chi connectivity index (χ1) is 28.1. The Morgan fingerprint density at radius 3 is 1.34 bits per heavy atom. The molecule has 0 atom stereocenters. The van der Waals surface area contributed by atoms with Crippen LogP contribution < -0.4 is 81.9 Å². The van der Waals surface area contributed by atoms with Crippen LogP contribution >= 0.6 is 0 Å². The molecule has 0 bridgehead atoms. The monoisotopic (exact) mass is 740 g/mol. The van der Waals surface area contributed by atoms with Crippen LogP contribution in [0.15, 0.2) is 63.4 Å². The average molecular weight is 738 g/mol. The summed E-state index contributed by atoms with van der Waals surface area (Å²) in [5.74, 6) is 0. The molecule has 8 aromatic carbocycles. The second kappa shape index (κ2) is 13.1. The lowest BCUT2D eigenvalue weighted by molar-refractivity contribution is 0.672. The zero-order valence-electron chi connectivity index (χ0n) is 37.5. The molecule has 2 aromatic heterocycles. The zero-order chi connectivity index (χ0) is 41.8. The van der Waals surface area contributed by atoms with Crippen LogP contribution in [0.1, 0.15) is 0 Å². The highest BCUT2D eigenvalue weighted by molar-refractivity contribution is 6.73. The largest absolute Gasteiger partial charge is 0.457 e. The highest BCUT2D eigenvalue weighted by atomic mass is 16.3.